The average Bonchev–Trinajstić information content (AvgIpc) is 3.16. The second-order valence-corrected chi connectivity index (χ2v) is 8.85. The molecule has 2 fully saturated rings. The Morgan fingerprint density at radius 3 is 2.35 bits per heavy atom. The van der Waals surface area contributed by atoms with Gasteiger partial charge in [0.25, 0.3) is 5.91 Å². The number of rotatable bonds is 3. The van der Waals surface area contributed by atoms with Crippen molar-refractivity contribution in [3.05, 3.63) is 64.7 Å². The third-order valence-corrected chi connectivity index (χ3v) is 7.05. The number of carbonyl (C=O) groups is 1. The van der Waals surface area contributed by atoms with Gasteiger partial charge in [-0.25, -0.2) is 8.78 Å². The molecule has 1 unspecified atom stereocenters. The number of nitrogens with zero attached hydrogens (tertiary/aromatic N) is 3. The summed E-state index contributed by atoms with van der Waals surface area (Å²) in [5, 5.41) is 19.0. The van der Waals surface area contributed by atoms with Gasteiger partial charge in [0.15, 0.2) is 0 Å². The van der Waals surface area contributed by atoms with E-state index in [1.54, 1.807) is 11.0 Å². The summed E-state index contributed by atoms with van der Waals surface area (Å²) in [4.78, 5) is 16.0. The van der Waals surface area contributed by atoms with Crippen molar-refractivity contribution in [2.75, 3.05) is 37.7 Å². The molecule has 1 spiro atoms. The Kier molecular flexibility index (Phi) is 6.25. The average molecular weight is 479 g/mol. The Balaban J connectivity index is 1.52. The maximum atomic E-state index is 14.1. The van der Waals surface area contributed by atoms with Crippen LogP contribution in [-0.4, -0.2) is 48.7 Å². The van der Waals surface area contributed by atoms with Crippen molar-refractivity contribution < 1.29 is 31.9 Å². The number of hydrogen-bond donors (Lipinski definition) is 1. The summed E-state index contributed by atoms with van der Waals surface area (Å²) in [6, 6.07) is 8.35. The van der Waals surface area contributed by atoms with E-state index < -0.39 is 45.8 Å². The van der Waals surface area contributed by atoms with Gasteiger partial charge in [-0.05, 0) is 48.6 Å². The number of amides is 1. The lowest BCUT2D eigenvalue weighted by Gasteiger charge is -2.43. The van der Waals surface area contributed by atoms with Crippen LogP contribution in [0.25, 0.3) is 0 Å². The molecule has 2 aromatic rings. The van der Waals surface area contributed by atoms with Crippen LogP contribution in [0.2, 0.25) is 0 Å². The lowest BCUT2D eigenvalue weighted by atomic mass is 9.71. The third-order valence-electron chi connectivity index (χ3n) is 7.05. The fraction of sp³-hybridized carbons (Fsp3) is 0.417. The number of hydrogen-bond acceptors (Lipinski definition) is 4. The van der Waals surface area contributed by atoms with E-state index in [4.69, 9.17) is 5.26 Å². The minimum absolute atomic E-state index is 0.137. The Morgan fingerprint density at radius 1 is 1.15 bits per heavy atom. The van der Waals surface area contributed by atoms with Gasteiger partial charge < -0.3 is 14.9 Å². The number of benzene rings is 2. The van der Waals surface area contributed by atoms with Gasteiger partial charge in [-0.15, -0.1) is 0 Å². The molecule has 2 aliphatic heterocycles. The number of alkyl halides is 3. The van der Waals surface area contributed by atoms with Crippen LogP contribution < -0.4 is 4.90 Å². The predicted molar refractivity (Wildman–Crippen MR) is 113 cm³/mol. The lowest BCUT2D eigenvalue weighted by molar-refractivity contribution is -0.137. The van der Waals surface area contributed by atoms with Crippen LogP contribution in [0, 0.1) is 34.3 Å². The summed E-state index contributed by atoms with van der Waals surface area (Å²) in [7, 11) is 0. The van der Waals surface area contributed by atoms with Crippen molar-refractivity contribution >= 4 is 11.6 Å². The van der Waals surface area contributed by atoms with Crippen LogP contribution in [0.3, 0.4) is 0 Å². The van der Waals surface area contributed by atoms with Crippen LogP contribution in [-0.2, 0) is 6.18 Å². The molecular formula is C24H22F5N3O2. The minimum atomic E-state index is -4.66. The van der Waals surface area contributed by atoms with Gasteiger partial charge in [0.2, 0.25) is 0 Å². The summed E-state index contributed by atoms with van der Waals surface area (Å²) in [5.41, 5.74) is -2.25. The molecule has 2 heterocycles. The van der Waals surface area contributed by atoms with E-state index >= 15 is 0 Å². The molecule has 0 radical (unpaired) electrons. The van der Waals surface area contributed by atoms with E-state index in [9.17, 15) is 31.9 Å². The number of anilines is 1. The van der Waals surface area contributed by atoms with Crippen molar-refractivity contribution in [1.29, 1.82) is 5.26 Å². The summed E-state index contributed by atoms with van der Waals surface area (Å²) < 4.78 is 68.3. The molecule has 1 atom stereocenters. The molecule has 2 aromatic carbocycles. The Labute approximate surface area is 193 Å². The highest BCUT2D eigenvalue weighted by molar-refractivity contribution is 5.95. The maximum Gasteiger partial charge on any atom is 0.417 e. The monoisotopic (exact) mass is 479 g/mol. The number of aliphatic hydroxyl groups excluding tert-OH is 1. The summed E-state index contributed by atoms with van der Waals surface area (Å²) in [6.45, 7) is 0.849. The first-order valence-corrected chi connectivity index (χ1v) is 10.8. The van der Waals surface area contributed by atoms with E-state index in [-0.39, 0.29) is 25.6 Å². The number of aliphatic hydroxyl groups is 1. The van der Waals surface area contributed by atoms with E-state index in [0.29, 0.717) is 31.6 Å². The largest absolute Gasteiger partial charge is 0.417 e. The second kappa shape index (κ2) is 8.87. The van der Waals surface area contributed by atoms with Gasteiger partial charge in [-0.2, -0.15) is 18.4 Å². The standard InChI is InChI=1S/C24H22F5N3O2/c25-19-2-1-3-20(26)21(19)22(34)32-12-16(13-33)23(14-32)6-8-31(9-7-23)17-5-4-15(11-30)18(10-17)24(27,28)29/h1-5,10,16,33H,6-9,12-14H2. The fourth-order valence-electron chi connectivity index (χ4n) is 5.14. The van der Waals surface area contributed by atoms with Crippen LogP contribution in [0.1, 0.15) is 34.3 Å². The van der Waals surface area contributed by atoms with Crippen LogP contribution >= 0.6 is 0 Å². The van der Waals surface area contributed by atoms with Crippen molar-refractivity contribution in [2.45, 2.75) is 19.0 Å². The molecule has 2 aliphatic rings. The highest BCUT2D eigenvalue weighted by Crippen LogP contribution is 2.46. The van der Waals surface area contributed by atoms with E-state index in [0.717, 1.165) is 24.3 Å². The topological polar surface area (TPSA) is 67.6 Å². The normalized spacial score (nSPS) is 20.0. The molecular weight excluding hydrogens is 457 g/mol. The molecule has 10 heteroatoms. The molecule has 0 aliphatic carbocycles. The molecule has 0 aromatic heterocycles. The molecule has 5 nitrogen and oxygen atoms in total. The number of carbonyl (C=O) groups excluding carboxylic acids is 1. The fourth-order valence-corrected chi connectivity index (χ4v) is 5.14. The van der Waals surface area contributed by atoms with E-state index in [1.807, 2.05) is 0 Å². The molecule has 34 heavy (non-hydrogen) atoms. The van der Waals surface area contributed by atoms with Crippen molar-refractivity contribution in [3.8, 4) is 6.07 Å². The number of piperidine rings is 1. The smallest absolute Gasteiger partial charge is 0.396 e. The summed E-state index contributed by atoms with van der Waals surface area (Å²) in [6.07, 6.45) is -3.71. The quantitative estimate of drug-likeness (QED) is 0.670. The number of halogens is 5. The highest BCUT2D eigenvalue weighted by atomic mass is 19.4. The number of likely N-dealkylation sites (tertiary alicyclic amines) is 1. The van der Waals surface area contributed by atoms with Gasteiger partial charge in [0.05, 0.1) is 17.2 Å². The summed E-state index contributed by atoms with van der Waals surface area (Å²) >= 11 is 0. The van der Waals surface area contributed by atoms with Gasteiger partial charge in [0.1, 0.15) is 17.2 Å². The Morgan fingerprint density at radius 2 is 1.79 bits per heavy atom. The zero-order chi connectivity index (χ0) is 24.7. The SMILES string of the molecule is N#Cc1ccc(N2CCC3(CC2)CN(C(=O)c2c(F)cccc2F)CC3CO)cc1C(F)(F)F. The van der Waals surface area contributed by atoms with Crippen LogP contribution in [0.5, 0.6) is 0 Å². The highest BCUT2D eigenvalue weighted by Gasteiger charge is 2.49. The van der Waals surface area contributed by atoms with Crippen LogP contribution in [0.15, 0.2) is 36.4 Å². The van der Waals surface area contributed by atoms with Gasteiger partial charge in [0, 0.05) is 44.4 Å². The first kappa shape index (κ1) is 24.0. The maximum absolute atomic E-state index is 14.1. The molecule has 1 N–H and O–H groups in total. The molecule has 2 saturated heterocycles. The molecule has 0 bridgehead atoms. The third kappa shape index (κ3) is 4.20. The zero-order valence-corrected chi connectivity index (χ0v) is 18.1. The first-order chi connectivity index (χ1) is 16.1. The lowest BCUT2D eigenvalue weighted by Crippen LogP contribution is -2.45. The molecule has 180 valence electrons. The predicted octanol–water partition coefficient (Wildman–Crippen LogP) is 4.21. The zero-order valence-electron chi connectivity index (χ0n) is 18.1. The van der Waals surface area contributed by atoms with Crippen molar-refractivity contribution in [1.82, 2.24) is 4.90 Å². The molecule has 1 amide bonds. The van der Waals surface area contributed by atoms with E-state index in [1.165, 1.54) is 17.0 Å². The van der Waals surface area contributed by atoms with Crippen molar-refractivity contribution in [2.24, 2.45) is 11.3 Å². The molecule has 4 rings (SSSR count). The first-order valence-electron chi connectivity index (χ1n) is 10.8. The minimum Gasteiger partial charge on any atom is -0.396 e. The Hall–Kier alpha value is -3.19. The van der Waals surface area contributed by atoms with Gasteiger partial charge >= 0.3 is 6.18 Å². The van der Waals surface area contributed by atoms with Gasteiger partial charge in [-0.1, -0.05) is 6.07 Å². The number of nitriles is 1. The summed E-state index contributed by atoms with van der Waals surface area (Å²) in [5.74, 6) is -3.01. The van der Waals surface area contributed by atoms with Crippen LogP contribution in [0.4, 0.5) is 27.6 Å². The second-order valence-electron chi connectivity index (χ2n) is 8.85. The molecule has 0 saturated carbocycles. The van der Waals surface area contributed by atoms with E-state index in [2.05, 4.69) is 0 Å². The van der Waals surface area contributed by atoms with Crippen molar-refractivity contribution in [3.63, 3.8) is 0 Å². The van der Waals surface area contributed by atoms with Gasteiger partial charge in [-0.3, -0.25) is 4.79 Å². The Bertz CT molecular complexity index is 1120.